The zero-order valence-corrected chi connectivity index (χ0v) is 12.6. The minimum atomic E-state index is 0. The largest absolute Gasteiger partial charge is 0.177 e. The fourth-order valence-corrected chi connectivity index (χ4v) is 1.56. The van der Waals surface area contributed by atoms with Gasteiger partial charge in [-0.1, -0.05) is 47.5 Å². The molecule has 0 aliphatic carbocycles. The van der Waals surface area contributed by atoms with Crippen LogP contribution in [0.25, 0.3) is 0 Å². The van der Waals surface area contributed by atoms with Crippen LogP contribution in [0, 0.1) is 13.0 Å². The van der Waals surface area contributed by atoms with Gasteiger partial charge in [-0.15, -0.1) is 0 Å². The molecule has 0 saturated carbocycles. The molecule has 0 N–H and O–H groups in total. The molecule has 1 atom stereocenters. The van der Waals surface area contributed by atoms with Gasteiger partial charge in [0.1, 0.15) is 0 Å². The molecule has 0 heterocycles. The molecule has 0 aromatic heterocycles. The van der Waals surface area contributed by atoms with Crippen molar-refractivity contribution in [3.63, 3.8) is 0 Å². The molecule has 0 bridgehead atoms. The Bertz CT molecular complexity index is 255. The zero-order chi connectivity index (χ0) is 11.7. The summed E-state index contributed by atoms with van der Waals surface area (Å²) in [6.07, 6.45) is 3.90. The summed E-state index contributed by atoms with van der Waals surface area (Å²) in [7, 11) is 0. The van der Waals surface area contributed by atoms with Gasteiger partial charge in [-0.25, -0.2) is 0 Å². The molecule has 1 aromatic carbocycles. The Morgan fingerprint density at radius 1 is 1.25 bits per heavy atom. The van der Waals surface area contributed by atoms with Crippen molar-refractivity contribution in [3.05, 3.63) is 35.4 Å². The number of hydrogen-bond donors (Lipinski definition) is 0. The first kappa shape index (κ1) is 18.1. The quantitative estimate of drug-likeness (QED) is 0.657. The minimum Gasteiger partial charge on any atom is -0.177 e. The van der Waals surface area contributed by atoms with Gasteiger partial charge in [-0.2, -0.15) is 35.4 Å². The van der Waals surface area contributed by atoms with Gasteiger partial charge < -0.3 is 0 Å². The third-order valence-electron chi connectivity index (χ3n) is 2.49. The van der Waals surface area contributed by atoms with E-state index in [0.29, 0.717) is 5.92 Å². The smallest absolute Gasteiger partial charge is 0 e. The van der Waals surface area contributed by atoms with Crippen LogP contribution in [0.2, 0.25) is 0 Å². The summed E-state index contributed by atoms with van der Waals surface area (Å²) < 4.78 is 0. The molecular weight excluding hydrogens is 232 g/mol. The van der Waals surface area contributed by atoms with Crippen LogP contribution in [0.4, 0.5) is 0 Å². The van der Waals surface area contributed by atoms with Gasteiger partial charge in [-0.3, -0.25) is 0 Å². The minimum absolute atomic E-state index is 0. The Labute approximate surface area is 113 Å². The predicted molar refractivity (Wildman–Crippen MR) is 69.3 cm³/mol. The van der Waals surface area contributed by atoms with E-state index in [1.165, 1.54) is 30.4 Å². The Morgan fingerprint density at radius 2 is 1.88 bits per heavy atom. The van der Waals surface area contributed by atoms with E-state index in [1.54, 1.807) is 0 Å². The second kappa shape index (κ2) is 11.2. The van der Waals surface area contributed by atoms with Crippen LogP contribution in [0.5, 0.6) is 0 Å². The molecule has 0 unspecified atom stereocenters. The van der Waals surface area contributed by atoms with Crippen LogP contribution in [0.1, 0.15) is 64.0 Å². The molecule has 1 heteroatoms. The predicted octanol–water partition coefficient (Wildman–Crippen LogP) is 5.11. The maximum atomic E-state index is 3.42. The first-order valence-electron chi connectivity index (χ1n) is 6.23. The molecule has 1 aromatic rings. The molecule has 0 radical (unpaired) electrons. The summed E-state index contributed by atoms with van der Waals surface area (Å²) in [6.45, 7) is 10.6. The third kappa shape index (κ3) is 7.10. The fraction of sp³-hybridized carbons (Fsp3) is 0.600. The molecule has 0 fully saturated rings. The van der Waals surface area contributed by atoms with Gasteiger partial charge in [0.2, 0.25) is 0 Å². The van der Waals surface area contributed by atoms with E-state index in [0.717, 1.165) is 0 Å². The molecule has 0 aliphatic rings. The summed E-state index contributed by atoms with van der Waals surface area (Å²) >= 11 is 0. The van der Waals surface area contributed by atoms with Crippen molar-refractivity contribution in [2.24, 2.45) is 0 Å². The standard InChI is InChI=1S/C13H19.C2H6.Cr/c1-4-5-8-12(3)13-9-6-7-11(2)10-13;1-2;/h6-7,9,12H,4-5,8H2,1-3H3;1-2H3;/q-1;;/t12-;;/m0../s1. The summed E-state index contributed by atoms with van der Waals surface area (Å²) in [4.78, 5) is 0. The summed E-state index contributed by atoms with van der Waals surface area (Å²) in [5, 5.41) is 0. The van der Waals surface area contributed by atoms with Crippen LogP contribution >= 0.6 is 0 Å². The van der Waals surface area contributed by atoms with E-state index in [9.17, 15) is 0 Å². The molecule has 1 rings (SSSR count). The average molecular weight is 257 g/mol. The first-order chi connectivity index (χ1) is 7.24. The second-order valence-corrected chi connectivity index (χ2v) is 3.83. The van der Waals surface area contributed by atoms with Crippen molar-refractivity contribution in [3.8, 4) is 0 Å². The van der Waals surface area contributed by atoms with Crippen LogP contribution in [0.3, 0.4) is 0 Å². The number of benzene rings is 1. The molecule has 0 saturated heterocycles. The molecular formula is C15H25Cr-. The van der Waals surface area contributed by atoms with Crippen LogP contribution in [-0.2, 0) is 17.4 Å². The third-order valence-corrected chi connectivity index (χ3v) is 2.49. The van der Waals surface area contributed by atoms with Crippen molar-refractivity contribution in [1.29, 1.82) is 0 Å². The molecule has 0 spiro atoms. The summed E-state index contributed by atoms with van der Waals surface area (Å²) in [5.41, 5.74) is 2.62. The van der Waals surface area contributed by atoms with E-state index in [-0.39, 0.29) is 17.4 Å². The topological polar surface area (TPSA) is 0 Å². The Morgan fingerprint density at radius 3 is 2.38 bits per heavy atom. The summed E-state index contributed by atoms with van der Waals surface area (Å²) in [6, 6.07) is 9.84. The molecule has 92 valence electrons. The zero-order valence-electron chi connectivity index (χ0n) is 11.3. The normalized spacial score (nSPS) is 10.8. The second-order valence-electron chi connectivity index (χ2n) is 3.83. The van der Waals surface area contributed by atoms with Gasteiger partial charge in [0.05, 0.1) is 0 Å². The molecule has 16 heavy (non-hydrogen) atoms. The van der Waals surface area contributed by atoms with Gasteiger partial charge in [0.25, 0.3) is 0 Å². The monoisotopic (exact) mass is 257 g/mol. The van der Waals surface area contributed by atoms with Crippen molar-refractivity contribution in [2.45, 2.75) is 59.8 Å². The van der Waals surface area contributed by atoms with E-state index in [2.05, 4.69) is 45.0 Å². The van der Waals surface area contributed by atoms with Crippen LogP contribution in [0.15, 0.2) is 18.2 Å². The fourth-order valence-electron chi connectivity index (χ4n) is 1.56. The van der Waals surface area contributed by atoms with E-state index in [4.69, 9.17) is 0 Å². The number of rotatable bonds is 4. The van der Waals surface area contributed by atoms with Crippen LogP contribution < -0.4 is 0 Å². The van der Waals surface area contributed by atoms with Crippen LogP contribution in [-0.4, -0.2) is 0 Å². The van der Waals surface area contributed by atoms with Crippen molar-refractivity contribution >= 4 is 0 Å². The molecule has 0 aliphatic heterocycles. The number of aryl methyl sites for hydroxylation is 1. The van der Waals surface area contributed by atoms with Gasteiger partial charge in [0, 0.05) is 17.4 Å². The molecule has 0 nitrogen and oxygen atoms in total. The summed E-state index contributed by atoms with van der Waals surface area (Å²) in [5.74, 6) is 0.667. The van der Waals surface area contributed by atoms with E-state index >= 15 is 0 Å². The average Bonchev–Trinajstić information content (AvgIpc) is 2.28. The van der Waals surface area contributed by atoms with E-state index in [1.807, 2.05) is 13.8 Å². The SMILES string of the molecule is CC.CCCC[C@H](C)c1[c-]c(C)ccc1.[Cr]. The van der Waals surface area contributed by atoms with Gasteiger partial charge in [-0.05, 0) is 12.3 Å². The Kier molecular flexibility index (Phi) is 12.7. The van der Waals surface area contributed by atoms with Crippen molar-refractivity contribution in [2.75, 3.05) is 0 Å². The first-order valence-corrected chi connectivity index (χ1v) is 6.23. The molecule has 0 amide bonds. The van der Waals surface area contributed by atoms with E-state index < -0.39 is 0 Å². The maximum absolute atomic E-state index is 3.42. The number of hydrogen-bond acceptors (Lipinski definition) is 0. The van der Waals surface area contributed by atoms with Gasteiger partial charge in [0.15, 0.2) is 0 Å². The number of unbranched alkanes of at least 4 members (excludes halogenated alkanes) is 1. The Hall–Kier alpha value is -0.248. The van der Waals surface area contributed by atoms with Crippen molar-refractivity contribution < 1.29 is 17.4 Å². The Balaban J connectivity index is 0. The maximum Gasteiger partial charge on any atom is 0 e. The van der Waals surface area contributed by atoms with Crippen molar-refractivity contribution in [1.82, 2.24) is 0 Å². The van der Waals surface area contributed by atoms with Gasteiger partial charge >= 0.3 is 0 Å².